The first kappa shape index (κ1) is 19.6. The second-order valence-corrected chi connectivity index (χ2v) is 5.97. The Kier molecular flexibility index (Phi) is 6.16. The van der Waals surface area contributed by atoms with Crippen LogP contribution < -0.4 is 15.6 Å². The van der Waals surface area contributed by atoms with E-state index in [0.717, 1.165) is 6.07 Å². The first-order valence-corrected chi connectivity index (χ1v) is 8.65. The molecule has 2 amide bonds. The van der Waals surface area contributed by atoms with Gasteiger partial charge in [-0.1, -0.05) is 42.5 Å². The van der Waals surface area contributed by atoms with Crippen molar-refractivity contribution in [1.29, 1.82) is 0 Å². The summed E-state index contributed by atoms with van der Waals surface area (Å²) in [5.74, 6) is -0.530. The number of benzene rings is 3. The summed E-state index contributed by atoms with van der Waals surface area (Å²) < 4.78 is 5.68. The largest absolute Gasteiger partial charge is 0.489 e. The summed E-state index contributed by atoms with van der Waals surface area (Å²) in [6.45, 7) is 0.173. The highest BCUT2D eigenvalue weighted by Gasteiger charge is 2.15. The molecule has 3 aromatic carbocycles. The normalized spacial score (nSPS) is 10.1. The van der Waals surface area contributed by atoms with E-state index in [2.05, 4.69) is 10.9 Å². The summed E-state index contributed by atoms with van der Waals surface area (Å²) in [5, 5.41) is 10.8. The lowest BCUT2D eigenvalue weighted by Crippen LogP contribution is -2.42. The molecule has 0 unspecified atom stereocenters. The van der Waals surface area contributed by atoms with E-state index in [4.69, 9.17) is 4.74 Å². The summed E-state index contributed by atoms with van der Waals surface area (Å²) in [6, 6.07) is 21.2. The van der Waals surface area contributed by atoms with Crippen molar-refractivity contribution in [1.82, 2.24) is 10.9 Å². The van der Waals surface area contributed by atoms with Gasteiger partial charge in [0.2, 0.25) is 0 Å². The third-order valence-electron chi connectivity index (χ3n) is 4.01. The average Bonchev–Trinajstić information content (AvgIpc) is 2.76. The molecule has 8 nitrogen and oxygen atoms in total. The molecule has 3 aromatic rings. The SMILES string of the molecule is O=C(NNC(=O)c1ccccc1COc1ccccc1)c1cccc([N+](=O)[O-])c1. The van der Waals surface area contributed by atoms with Crippen LogP contribution in [0.1, 0.15) is 26.3 Å². The van der Waals surface area contributed by atoms with Gasteiger partial charge < -0.3 is 4.74 Å². The van der Waals surface area contributed by atoms with Crippen molar-refractivity contribution >= 4 is 17.5 Å². The maximum Gasteiger partial charge on any atom is 0.270 e. The predicted molar refractivity (Wildman–Crippen MR) is 105 cm³/mol. The number of nitro groups is 1. The Morgan fingerprint density at radius 3 is 2.31 bits per heavy atom. The topological polar surface area (TPSA) is 111 Å². The van der Waals surface area contributed by atoms with E-state index in [0.29, 0.717) is 16.9 Å². The molecule has 0 saturated heterocycles. The molecule has 0 radical (unpaired) electrons. The van der Waals surface area contributed by atoms with Crippen LogP contribution in [0, 0.1) is 10.1 Å². The van der Waals surface area contributed by atoms with E-state index >= 15 is 0 Å². The Morgan fingerprint density at radius 1 is 0.862 bits per heavy atom. The third kappa shape index (κ3) is 5.16. The van der Waals surface area contributed by atoms with Gasteiger partial charge in [-0.15, -0.1) is 0 Å². The number of rotatable bonds is 6. The molecule has 29 heavy (non-hydrogen) atoms. The zero-order chi connectivity index (χ0) is 20.6. The molecule has 0 aromatic heterocycles. The Balaban J connectivity index is 1.64. The van der Waals surface area contributed by atoms with Crippen LogP contribution in [0.15, 0.2) is 78.9 Å². The summed E-state index contributed by atoms with van der Waals surface area (Å²) in [7, 11) is 0. The number of carbonyl (C=O) groups excluding carboxylic acids is 2. The molecule has 8 heteroatoms. The number of hydrogen-bond donors (Lipinski definition) is 2. The van der Waals surface area contributed by atoms with Gasteiger partial charge >= 0.3 is 0 Å². The number of ether oxygens (including phenoxy) is 1. The van der Waals surface area contributed by atoms with Gasteiger partial charge in [0.15, 0.2) is 0 Å². The van der Waals surface area contributed by atoms with Crippen LogP contribution in [0.25, 0.3) is 0 Å². The van der Waals surface area contributed by atoms with Crippen molar-refractivity contribution in [2.45, 2.75) is 6.61 Å². The van der Waals surface area contributed by atoms with E-state index < -0.39 is 16.7 Å². The van der Waals surface area contributed by atoms with Gasteiger partial charge in [-0.2, -0.15) is 0 Å². The molecule has 0 heterocycles. The molecule has 0 bridgehead atoms. The molecule has 3 rings (SSSR count). The Bertz CT molecular complexity index is 1040. The quantitative estimate of drug-likeness (QED) is 0.495. The average molecular weight is 391 g/mol. The maximum absolute atomic E-state index is 12.5. The maximum atomic E-state index is 12.5. The van der Waals surface area contributed by atoms with Gasteiger partial charge in [0.05, 0.1) is 4.92 Å². The fourth-order valence-electron chi connectivity index (χ4n) is 2.56. The van der Waals surface area contributed by atoms with Crippen molar-refractivity contribution in [3.8, 4) is 5.75 Å². The fraction of sp³-hybridized carbons (Fsp3) is 0.0476. The van der Waals surface area contributed by atoms with E-state index in [1.807, 2.05) is 30.3 Å². The van der Waals surface area contributed by atoms with Gasteiger partial charge in [-0.05, 0) is 24.3 Å². The molecule has 0 spiro atoms. The zero-order valence-corrected chi connectivity index (χ0v) is 15.2. The summed E-state index contributed by atoms with van der Waals surface area (Å²) in [4.78, 5) is 34.9. The predicted octanol–water partition coefficient (Wildman–Crippen LogP) is 3.25. The molecule has 2 N–H and O–H groups in total. The minimum atomic E-state index is -0.667. The molecule has 0 aliphatic carbocycles. The summed E-state index contributed by atoms with van der Waals surface area (Å²) in [6.07, 6.45) is 0. The van der Waals surface area contributed by atoms with Crippen LogP contribution in [0.3, 0.4) is 0 Å². The lowest BCUT2D eigenvalue weighted by Gasteiger charge is -2.12. The number of hydrazine groups is 1. The number of hydrogen-bond acceptors (Lipinski definition) is 5. The molecule has 0 fully saturated rings. The molecule has 0 aliphatic heterocycles. The Hall–Kier alpha value is -4.20. The van der Waals surface area contributed by atoms with Crippen molar-refractivity contribution in [2.24, 2.45) is 0 Å². The highest BCUT2D eigenvalue weighted by Crippen LogP contribution is 2.15. The van der Waals surface area contributed by atoms with Crippen molar-refractivity contribution in [3.05, 3.63) is 106 Å². The molecule has 0 saturated carbocycles. The number of nitrogens with one attached hydrogen (secondary N) is 2. The van der Waals surface area contributed by atoms with E-state index in [-0.39, 0.29) is 17.9 Å². The number of amides is 2. The van der Waals surface area contributed by atoms with Gasteiger partial charge in [-0.25, -0.2) is 0 Å². The molecule has 0 aliphatic rings. The summed E-state index contributed by atoms with van der Waals surface area (Å²) >= 11 is 0. The molecule has 146 valence electrons. The minimum Gasteiger partial charge on any atom is -0.489 e. The van der Waals surface area contributed by atoms with Crippen LogP contribution in [-0.2, 0) is 6.61 Å². The lowest BCUT2D eigenvalue weighted by molar-refractivity contribution is -0.384. The molecule has 0 atom stereocenters. The zero-order valence-electron chi connectivity index (χ0n) is 15.2. The van der Waals surface area contributed by atoms with Crippen LogP contribution in [0.5, 0.6) is 5.75 Å². The monoisotopic (exact) mass is 391 g/mol. The first-order chi connectivity index (χ1) is 14.0. The van der Waals surface area contributed by atoms with Crippen LogP contribution in [0.4, 0.5) is 5.69 Å². The molecular formula is C21H17N3O5. The highest BCUT2D eigenvalue weighted by atomic mass is 16.6. The van der Waals surface area contributed by atoms with Crippen LogP contribution >= 0.6 is 0 Å². The fourth-order valence-corrected chi connectivity index (χ4v) is 2.56. The van der Waals surface area contributed by atoms with Gasteiger partial charge in [-0.3, -0.25) is 30.6 Å². The van der Waals surface area contributed by atoms with Crippen molar-refractivity contribution in [3.63, 3.8) is 0 Å². The van der Waals surface area contributed by atoms with Gasteiger partial charge in [0.25, 0.3) is 17.5 Å². The van der Waals surface area contributed by atoms with Crippen molar-refractivity contribution < 1.29 is 19.2 Å². The minimum absolute atomic E-state index is 0.0557. The lowest BCUT2D eigenvalue weighted by atomic mass is 10.1. The standard InChI is InChI=1S/C21H17N3O5/c25-20(15-8-6-9-17(13-15)24(27)28)22-23-21(26)19-12-5-4-7-16(19)14-29-18-10-2-1-3-11-18/h1-13H,14H2,(H,22,25)(H,23,26). The second kappa shape index (κ2) is 9.14. The number of nitrogens with zero attached hydrogens (tertiary/aromatic N) is 1. The van der Waals surface area contributed by atoms with E-state index in [1.54, 1.807) is 24.3 Å². The molecular weight excluding hydrogens is 374 g/mol. The highest BCUT2D eigenvalue weighted by molar-refractivity contribution is 6.00. The van der Waals surface area contributed by atoms with Crippen LogP contribution in [0.2, 0.25) is 0 Å². The van der Waals surface area contributed by atoms with E-state index in [9.17, 15) is 19.7 Å². The van der Waals surface area contributed by atoms with E-state index in [1.165, 1.54) is 18.2 Å². The summed E-state index contributed by atoms with van der Waals surface area (Å²) in [5.41, 5.74) is 5.40. The third-order valence-corrected chi connectivity index (χ3v) is 4.01. The second-order valence-electron chi connectivity index (χ2n) is 5.97. The number of non-ortho nitro benzene ring substituents is 1. The van der Waals surface area contributed by atoms with Gasteiger partial charge in [0.1, 0.15) is 12.4 Å². The Labute approximate surface area is 166 Å². The Morgan fingerprint density at radius 2 is 1.55 bits per heavy atom. The number of carbonyl (C=O) groups is 2. The number of nitro benzene ring substituents is 1. The smallest absolute Gasteiger partial charge is 0.270 e. The van der Waals surface area contributed by atoms with Crippen LogP contribution in [-0.4, -0.2) is 16.7 Å². The first-order valence-electron chi connectivity index (χ1n) is 8.65. The van der Waals surface area contributed by atoms with Gasteiger partial charge in [0, 0.05) is 28.8 Å². The van der Waals surface area contributed by atoms with Crippen molar-refractivity contribution in [2.75, 3.05) is 0 Å². The number of para-hydroxylation sites is 1.